The fourth-order valence-corrected chi connectivity index (χ4v) is 1.32. The highest BCUT2D eigenvalue weighted by molar-refractivity contribution is 6.06. The van der Waals surface area contributed by atoms with Crippen LogP contribution in [0.4, 0.5) is 0 Å². The van der Waals surface area contributed by atoms with Crippen LogP contribution in [0.3, 0.4) is 0 Å². The van der Waals surface area contributed by atoms with Gasteiger partial charge in [0, 0.05) is 6.20 Å². The van der Waals surface area contributed by atoms with E-state index in [0.29, 0.717) is 5.69 Å². The van der Waals surface area contributed by atoms with Gasteiger partial charge in [0.1, 0.15) is 11.5 Å². The molecule has 0 bridgehead atoms. The third-order valence-electron chi connectivity index (χ3n) is 2.32. The molecule has 1 rings (SSSR count). The fraction of sp³-hybridized carbons (Fsp3) is 0.462. The van der Waals surface area contributed by atoms with Gasteiger partial charge < -0.3 is 0 Å². The van der Waals surface area contributed by atoms with Crippen LogP contribution in [-0.2, 0) is 10.2 Å². The van der Waals surface area contributed by atoms with Gasteiger partial charge in [0.25, 0.3) is 0 Å². The van der Waals surface area contributed by atoms with Crippen LogP contribution in [0.15, 0.2) is 18.3 Å². The molecule has 0 aliphatic carbocycles. The van der Waals surface area contributed by atoms with Crippen molar-refractivity contribution >= 4 is 11.6 Å². The lowest BCUT2D eigenvalue weighted by Gasteiger charge is -2.18. The molecule has 3 nitrogen and oxygen atoms in total. The first-order valence-electron chi connectivity index (χ1n) is 5.30. The van der Waals surface area contributed by atoms with Crippen molar-refractivity contribution in [2.45, 2.75) is 39.5 Å². The molecule has 0 amide bonds. The lowest BCUT2D eigenvalue weighted by Crippen LogP contribution is -2.13. The van der Waals surface area contributed by atoms with E-state index in [9.17, 15) is 9.59 Å². The van der Waals surface area contributed by atoms with Crippen molar-refractivity contribution in [2.24, 2.45) is 0 Å². The van der Waals surface area contributed by atoms with Crippen LogP contribution < -0.4 is 0 Å². The molecule has 1 aromatic heterocycles. The van der Waals surface area contributed by atoms with Crippen molar-refractivity contribution in [1.82, 2.24) is 4.98 Å². The quantitative estimate of drug-likeness (QED) is 0.579. The maximum absolute atomic E-state index is 11.5. The molecular weight excluding hydrogens is 202 g/mol. The van der Waals surface area contributed by atoms with Crippen LogP contribution in [0.25, 0.3) is 0 Å². The summed E-state index contributed by atoms with van der Waals surface area (Å²) in [5.74, 6) is -0.348. The molecule has 0 saturated carbocycles. The smallest absolute Gasteiger partial charge is 0.188 e. The lowest BCUT2D eigenvalue weighted by atomic mass is 9.88. The van der Waals surface area contributed by atoms with Crippen LogP contribution in [-0.4, -0.2) is 16.6 Å². The molecule has 1 heterocycles. The summed E-state index contributed by atoms with van der Waals surface area (Å²) in [4.78, 5) is 26.4. The first-order valence-corrected chi connectivity index (χ1v) is 5.30. The molecule has 0 aliphatic rings. The number of Topliss-reactive ketones (excluding diaryl/α,β-unsaturated/α-hetero) is 2. The molecule has 86 valence electrons. The molecule has 16 heavy (non-hydrogen) atoms. The SMILES string of the molecule is CC(=O)CC(=O)c1ccc(C(C)(C)C)cn1. The zero-order valence-corrected chi connectivity index (χ0v) is 10.2. The number of carbonyl (C=O) groups excluding carboxylic acids is 2. The van der Waals surface area contributed by atoms with Crippen LogP contribution in [0.1, 0.15) is 50.2 Å². The second kappa shape index (κ2) is 4.56. The number of hydrogen-bond acceptors (Lipinski definition) is 3. The van der Waals surface area contributed by atoms with Gasteiger partial charge in [-0.2, -0.15) is 0 Å². The zero-order valence-electron chi connectivity index (χ0n) is 10.2. The van der Waals surface area contributed by atoms with Crippen molar-refractivity contribution in [3.8, 4) is 0 Å². The molecule has 0 saturated heterocycles. The highest BCUT2D eigenvalue weighted by Gasteiger charge is 2.15. The Hall–Kier alpha value is -1.51. The molecule has 0 aliphatic heterocycles. The number of rotatable bonds is 3. The van der Waals surface area contributed by atoms with E-state index >= 15 is 0 Å². The Morgan fingerprint density at radius 1 is 1.25 bits per heavy atom. The van der Waals surface area contributed by atoms with E-state index in [0.717, 1.165) is 5.56 Å². The summed E-state index contributed by atoms with van der Waals surface area (Å²) in [6.45, 7) is 7.66. The van der Waals surface area contributed by atoms with Crippen molar-refractivity contribution < 1.29 is 9.59 Å². The Bertz CT molecular complexity index is 399. The summed E-state index contributed by atoms with van der Waals surface area (Å²) in [5.41, 5.74) is 1.46. The largest absolute Gasteiger partial charge is 0.300 e. The minimum atomic E-state index is -0.215. The van der Waals surface area contributed by atoms with Crippen molar-refractivity contribution in [3.05, 3.63) is 29.6 Å². The van der Waals surface area contributed by atoms with Gasteiger partial charge in [-0.05, 0) is 24.0 Å². The van der Waals surface area contributed by atoms with E-state index in [4.69, 9.17) is 0 Å². The number of aromatic nitrogens is 1. The van der Waals surface area contributed by atoms with E-state index < -0.39 is 0 Å². The number of carbonyl (C=O) groups is 2. The van der Waals surface area contributed by atoms with Crippen molar-refractivity contribution in [1.29, 1.82) is 0 Å². The van der Waals surface area contributed by atoms with Gasteiger partial charge in [-0.1, -0.05) is 26.8 Å². The van der Waals surface area contributed by atoms with Gasteiger partial charge in [-0.25, -0.2) is 0 Å². The average Bonchev–Trinajstić information content (AvgIpc) is 2.15. The predicted molar refractivity (Wildman–Crippen MR) is 62.6 cm³/mol. The predicted octanol–water partition coefficient (Wildman–Crippen LogP) is 2.54. The third kappa shape index (κ3) is 3.26. The minimum absolute atomic E-state index is 0.0230. The van der Waals surface area contributed by atoms with E-state index in [1.165, 1.54) is 6.92 Å². The Kier molecular flexibility index (Phi) is 3.58. The van der Waals surface area contributed by atoms with Gasteiger partial charge in [-0.15, -0.1) is 0 Å². The van der Waals surface area contributed by atoms with Crippen molar-refractivity contribution in [3.63, 3.8) is 0 Å². The maximum Gasteiger partial charge on any atom is 0.188 e. The Morgan fingerprint density at radius 3 is 2.25 bits per heavy atom. The summed E-state index contributed by atoms with van der Waals surface area (Å²) in [6, 6.07) is 3.58. The monoisotopic (exact) mass is 219 g/mol. The molecule has 1 aromatic rings. The summed E-state index contributed by atoms with van der Waals surface area (Å²) in [7, 11) is 0. The van der Waals surface area contributed by atoms with Gasteiger partial charge in [0.05, 0.1) is 6.42 Å². The normalized spacial score (nSPS) is 11.2. The first-order chi connectivity index (χ1) is 7.30. The standard InChI is InChI=1S/C13H17NO2/c1-9(15)7-12(16)11-6-5-10(8-14-11)13(2,3)4/h5-6,8H,7H2,1-4H3. The maximum atomic E-state index is 11.5. The minimum Gasteiger partial charge on any atom is -0.300 e. The lowest BCUT2D eigenvalue weighted by molar-refractivity contribution is -0.116. The van der Waals surface area contributed by atoms with Crippen LogP contribution in [0.2, 0.25) is 0 Å². The number of ketones is 2. The first kappa shape index (κ1) is 12.6. The molecule has 0 aromatic carbocycles. The zero-order chi connectivity index (χ0) is 12.3. The summed E-state index contributed by atoms with van der Waals surface area (Å²) >= 11 is 0. The highest BCUT2D eigenvalue weighted by Crippen LogP contribution is 2.21. The number of nitrogens with zero attached hydrogens (tertiary/aromatic N) is 1. The molecule has 0 radical (unpaired) electrons. The second-order valence-corrected chi connectivity index (χ2v) is 4.98. The summed E-state index contributed by atoms with van der Waals surface area (Å²) < 4.78 is 0. The molecule has 0 N–H and O–H groups in total. The van der Waals surface area contributed by atoms with Gasteiger partial charge in [0.15, 0.2) is 5.78 Å². The van der Waals surface area contributed by atoms with Gasteiger partial charge in [0.2, 0.25) is 0 Å². The second-order valence-electron chi connectivity index (χ2n) is 4.98. The van der Waals surface area contributed by atoms with Crippen molar-refractivity contribution in [2.75, 3.05) is 0 Å². The number of pyridine rings is 1. The van der Waals surface area contributed by atoms with E-state index in [1.54, 1.807) is 12.3 Å². The van der Waals surface area contributed by atoms with Crippen LogP contribution in [0, 0.1) is 0 Å². The fourth-order valence-electron chi connectivity index (χ4n) is 1.32. The van der Waals surface area contributed by atoms with E-state index in [2.05, 4.69) is 25.8 Å². The molecule has 3 heteroatoms. The summed E-state index contributed by atoms with van der Waals surface area (Å²) in [5, 5.41) is 0. The third-order valence-corrected chi connectivity index (χ3v) is 2.32. The Labute approximate surface area is 95.9 Å². The molecular formula is C13H17NO2. The molecule has 0 fully saturated rings. The van der Waals surface area contributed by atoms with Gasteiger partial charge >= 0.3 is 0 Å². The van der Waals surface area contributed by atoms with Crippen LogP contribution in [0.5, 0.6) is 0 Å². The Morgan fingerprint density at radius 2 is 1.88 bits per heavy atom. The highest BCUT2D eigenvalue weighted by atomic mass is 16.1. The molecule has 0 unspecified atom stereocenters. The van der Waals surface area contributed by atoms with Crippen LogP contribution >= 0.6 is 0 Å². The van der Waals surface area contributed by atoms with E-state index in [-0.39, 0.29) is 23.4 Å². The van der Waals surface area contributed by atoms with Gasteiger partial charge in [-0.3, -0.25) is 14.6 Å². The number of hydrogen-bond donors (Lipinski definition) is 0. The topological polar surface area (TPSA) is 47.0 Å². The Balaban J connectivity index is 2.87. The molecule has 0 atom stereocenters. The summed E-state index contributed by atoms with van der Waals surface area (Å²) in [6.07, 6.45) is 1.63. The average molecular weight is 219 g/mol. The van der Waals surface area contributed by atoms with E-state index in [1.807, 2.05) is 6.07 Å². The molecule has 0 spiro atoms.